The molecule has 1 aliphatic heterocycles. The van der Waals surface area contributed by atoms with E-state index in [2.05, 4.69) is 0 Å². The van der Waals surface area contributed by atoms with E-state index in [1.165, 1.54) is 0 Å². The fourth-order valence-electron chi connectivity index (χ4n) is 3.85. The van der Waals surface area contributed by atoms with E-state index in [0.29, 0.717) is 38.6 Å². The summed E-state index contributed by atoms with van der Waals surface area (Å²) in [4.78, 5) is 26.3. The van der Waals surface area contributed by atoms with Crippen molar-refractivity contribution in [3.63, 3.8) is 0 Å². The van der Waals surface area contributed by atoms with Crippen LogP contribution in [0, 0.1) is 5.41 Å². The Labute approximate surface area is 137 Å². The molecule has 6 nitrogen and oxygen atoms in total. The van der Waals surface area contributed by atoms with Crippen LogP contribution in [0.5, 0.6) is 0 Å². The number of aliphatic hydroxyl groups excluding tert-OH is 1. The fourth-order valence-corrected chi connectivity index (χ4v) is 3.85. The van der Waals surface area contributed by atoms with Crippen molar-refractivity contribution in [3.05, 3.63) is 0 Å². The van der Waals surface area contributed by atoms with Gasteiger partial charge in [0.2, 0.25) is 0 Å². The molecule has 1 atom stereocenters. The summed E-state index contributed by atoms with van der Waals surface area (Å²) in [5, 5.41) is 19.7. The Bertz CT molecular complexity index is 448. The summed E-state index contributed by atoms with van der Waals surface area (Å²) in [6.45, 7) is 5.98. The molecule has 23 heavy (non-hydrogen) atoms. The number of aliphatic hydroxyl groups is 1. The molecule has 1 amide bonds. The van der Waals surface area contributed by atoms with E-state index in [0.717, 1.165) is 12.8 Å². The zero-order valence-corrected chi connectivity index (χ0v) is 14.4. The number of piperidine rings is 1. The minimum Gasteiger partial charge on any atom is -0.481 e. The van der Waals surface area contributed by atoms with Crippen LogP contribution in [0.15, 0.2) is 0 Å². The average Bonchev–Trinajstić information content (AvgIpc) is 2.46. The Morgan fingerprint density at radius 1 is 1.13 bits per heavy atom. The van der Waals surface area contributed by atoms with E-state index in [-0.39, 0.29) is 6.04 Å². The number of carboxylic acid groups (broad SMARTS) is 1. The molecule has 1 saturated carbocycles. The van der Waals surface area contributed by atoms with Gasteiger partial charge in [0.05, 0.1) is 17.6 Å². The molecule has 0 radical (unpaired) electrons. The van der Waals surface area contributed by atoms with Gasteiger partial charge in [-0.2, -0.15) is 0 Å². The molecule has 6 heteroatoms. The molecular formula is C17H29NO5. The minimum atomic E-state index is -0.962. The van der Waals surface area contributed by atoms with Gasteiger partial charge in [-0.15, -0.1) is 0 Å². The molecule has 2 rings (SSSR count). The zero-order chi connectivity index (χ0) is 17.3. The number of hydrogen-bond acceptors (Lipinski definition) is 4. The van der Waals surface area contributed by atoms with E-state index in [1.54, 1.807) is 4.90 Å². The standard InChI is InChI=1S/C17H29NO5/c1-16(2,3)23-15(22)18-11-5-4-6-13(18)17(14(20)21)9-7-12(19)8-10-17/h12-13,19H,4-11H2,1-3H3,(H,20,21). The van der Waals surface area contributed by atoms with E-state index in [1.807, 2.05) is 20.8 Å². The van der Waals surface area contributed by atoms with Crippen molar-refractivity contribution in [2.24, 2.45) is 5.41 Å². The molecule has 0 aromatic heterocycles. The average molecular weight is 327 g/mol. The van der Waals surface area contributed by atoms with E-state index in [4.69, 9.17) is 4.74 Å². The first-order chi connectivity index (χ1) is 10.7. The number of amides is 1. The molecule has 2 N–H and O–H groups in total. The Hall–Kier alpha value is -1.30. The molecule has 0 bridgehead atoms. The van der Waals surface area contributed by atoms with Crippen LogP contribution in [0.3, 0.4) is 0 Å². The lowest BCUT2D eigenvalue weighted by Gasteiger charge is -2.48. The number of carbonyl (C=O) groups is 2. The van der Waals surface area contributed by atoms with Gasteiger partial charge in [-0.3, -0.25) is 4.79 Å². The summed E-state index contributed by atoms with van der Waals surface area (Å²) in [7, 11) is 0. The quantitative estimate of drug-likeness (QED) is 0.814. The third kappa shape index (κ3) is 3.97. The number of nitrogens with zero attached hydrogens (tertiary/aromatic N) is 1. The third-order valence-corrected chi connectivity index (χ3v) is 5.04. The van der Waals surface area contributed by atoms with Gasteiger partial charge in [-0.25, -0.2) is 4.79 Å². The van der Waals surface area contributed by atoms with E-state index < -0.39 is 29.2 Å². The molecule has 2 aliphatic rings. The molecular weight excluding hydrogens is 298 g/mol. The Kier molecular flexibility index (Phi) is 5.23. The second-order valence-electron chi connectivity index (χ2n) is 7.88. The highest BCUT2D eigenvalue weighted by molar-refractivity contribution is 5.78. The van der Waals surface area contributed by atoms with E-state index >= 15 is 0 Å². The van der Waals surface area contributed by atoms with Crippen LogP contribution in [0.2, 0.25) is 0 Å². The number of rotatable bonds is 2. The normalized spacial score (nSPS) is 32.4. The lowest BCUT2D eigenvalue weighted by Crippen LogP contribution is -2.58. The summed E-state index contributed by atoms with van der Waals surface area (Å²) in [5.74, 6) is -0.857. The Morgan fingerprint density at radius 3 is 2.26 bits per heavy atom. The molecule has 1 saturated heterocycles. The first-order valence-electron chi connectivity index (χ1n) is 8.57. The number of carbonyl (C=O) groups excluding carboxylic acids is 1. The van der Waals surface area contributed by atoms with Gasteiger partial charge in [0.25, 0.3) is 0 Å². The summed E-state index contributed by atoms with van der Waals surface area (Å²) in [5.41, 5.74) is -1.56. The number of aliphatic carboxylic acids is 1. The second kappa shape index (κ2) is 6.67. The molecule has 0 spiro atoms. The molecule has 132 valence electrons. The maximum Gasteiger partial charge on any atom is 0.410 e. The Balaban J connectivity index is 2.24. The molecule has 1 unspecified atom stereocenters. The van der Waals surface area contributed by atoms with Gasteiger partial charge >= 0.3 is 12.1 Å². The highest BCUT2D eigenvalue weighted by Crippen LogP contribution is 2.45. The largest absolute Gasteiger partial charge is 0.481 e. The van der Waals surface area contributed by atoms with Gasteiger partial charge < -0.3 is 19.8 Å². The van der Waals surface area contributed by atoms with Crippen molar-refractivity contribution in [2.75, 3.05) is 6.54 Å². The molecule has 1 aliphatic carbocycles. The minimum absolute atomic E-state index is 0.351. The molecule has 1 heterocycles. The first-order valence-corrected chi connectivity index (χ1v) is 8.57. The van der Waals surface area contributed by atoms with Crippen LogP contribution in [0.25, 0.3) is 0 Å². The van der Waals surface area contributed by atoms with Crippen LogP contribution in [-0.4, -0.2) is 51.5 Å². The lowest BCUT2D eigenvalue weighted by atomic mass is 9.66. The van der Waals surface area contributed by atoms with Crippen molar-refractivity contribution in [3.8, 4) is 0 Å². The molecule has 0 aromatic carbocycles. The highest BCUT2D eigenvalue weighted by Gasteiger charge is 2.52. The highest BCUT2D eigenvalue weighted by atomic mass is 16.6. The van der Waals surface area contributed by atoms with Crippen LogP contribution in [0.4, 0.5) is 4.79 Å². The van der Waals surface area contributed by atoms with Gasteiger partial charge in [-0.1, -0.05) is 0 Å². The first kappa shape index (κ1) is 18.0. The summed E-state index contributed by atoms with van der Waals surface area (Å²) in [6.07, 6.45) is 3.39. The van der Waals surface area contributed by atoms with Crippen LogP contribution in [-0.2, 0) is 9.53 Å². The van der Waals surface area contributed by atoms with Crippen molar-refractivity contribution in [2.45, 2.75) is 83.5 Å². The van der Waals surface area contributed by atoms with Crippen LogP contribution < -0.4 is 0 Å². The fraction of sp³-hybridized carbons (Fsp3) is 0.882. The van der Waals surface area contributed by atoms with Crippen LogP contribution in [0.1, 0.15) is 65.7 Å². The van der Waals surface area contributed by atoms with Crippen molar-refractivity contribution in [1.82, 2.24) is 4.90 Å². The molecule has 2 fully saturated rings. The maximum absolute atomic E-state index is 12.6. The third-order valence-electron chi connectivity index (χ3n) is 5.04. The monoisotopic (exact) mass is 327 g/mol. The van der Waals surface area contributed by atoms with Gasteiger partial charge in [-0.05, 0) is 65.7 Å². The van der Waals surface area contributed by atoms with Crippen molar-refractivity contribution < 1.29 is 24.5 Å². The summed E-state index contributed by atoms with van der Waals surface area (Å²) in [6, 6.07) is -0.351. The lowest BCUT2D eigenvalue weighted by molar-refractivity contribution is -0.159. The van der Waals surface area contributed by atoms with Crippen molar-refractivity contribution in [1.29, 1.82) is 0 Å². The van der Waals surface area contributed by atoms with Gasteiger partial charge in [0, 0.05) is 6.54 Å². The predicted octanol–water partition coefficient (Wildman–Crippen LogP) is 2.78. The summed E-state index contributed by atoms with van der Waals surface area (Å²) < 4.78 is 5.49. The van der Waals surface area contributed by atoms with Gasteiger partial charge in [0.15, 0.2) is 0 Å². The van der Waals surface area contributed by atoms with Crippen molar-refractivity contribution >= 4 is 12.1 Å². The number of likely N-dealkylation sites (tertiary alicyclic amines) is 1. The summed E-state index contributed by atoms with van der Waals surface area (Å²) >= 11 is 0. The maximum atomic E-state index is 12.6. The van der Waals surface area contributed by atoms with Crippen LogP contribution >= 0.6 is 0 Å². The zero-order valence-electron chi connectivity index (χ0n) is 14.4. The number of carboxylic acids is 1. The van der Waals surface area contributed by atoms with E-state index in [9.17, 15) is 19.8 Å². The second-order valence-corrected chi connectivity index (χ2v) is 7.88. The number of hydrogen-bond donors (Lipinski definition) is 2. The predicted molar refractivity (Wildman–Crippen MR) is 85.1 cm³/mol. The molecule has 0 aromatic rings. The smallest absolute Gasteiger partial charge is 0.410 e. The SMILES string of the molecule is CC(C)(C)OC(=O)N1CCCCC1C1(C(=O)O)CCC(O)CC1. The van der Waals surface area contributed by atoms with Gasteiger partial charge in [0.1, 0.15) is 5.60 Å². The topological polar surface area (TPSA) is 87.1 Å². The Morgan fingerprint density at radius 2 is 1.74 bits per heavy atom. The number of ether oxygens (including phenoxy) is 1.